The van der Waals surface area contributed by atoms with Crippen molar-refractivity contribution in [2.24, 2.45) is 0 Å². The molecule has 7 heteroatoms. The average molecular weight is 273 g/mol. The fourth-order valence-corrected chi connectivity index (χ4v) is 0. The molecule has 0 amide bonds. The molecule has 0 aromatic rings. The van der Waals surface area contributed by atoms with Crippen LogP contribution in [0.15, 0.2) is 0 Å². The van der Waals surface area contributed by atoms with Gasteiger partial charge in [-0.3, -0.25) is 0 Å². The molecule has 43 valence electrons. The first-order valence-electron chi connectivity index (χ1n) is 0.783. The largest absolute Gasteiger partial charge is 0.466 e. The van der Waals surface area contributed by atoms with Crippen LogP contribution in [0.1, 0.15) is 0 Å². The molecule has 0 saturated heterocycles. The molecule has 0 unspecified atom stereocenters. The summed E-state index contributed by atoms with van der Waals surface area (Å²) in [5.74, 6) is 0. The molecule has 0 spiro atoms. The molecule has 0 bridgehead atoms. The van der Waals surface area contributed by atoms with Gasteiger partial charge in [0.15, 0.2) is 0 Å². The van der Waals surface area contributed by atoms with Crippen LogP contribution in [0, 0.1) is 35.6 Å². The summed E-state index contributed by atoms with van der Waals surface area (Å²) < 4.78 is 8.88. The van der Waals surface area contributed by atoms with Gasteiger partial charge in [0, 0.05) is 35.6 Å². The van der Waals surface area contributed by atoms with Crippen LogP contribution in [0.5, 0.6) is 0 Å². The second-order valence-corrected chi connectivity index (χ2v) is 1.54. The molecule has 0 heterocycles. The minimum absolute atomic E-state index is 0. The van der Waals surface area contributed by atoms with Gasteiger partial charge in [-0.25, -0.2) is 4.57 Å². The predicted molar refractivity (Wildman–Crippen MR) is 21.5 cm³/mol. The van der Waals surface area contributed by atoms with Crippen molar-refractivity contribution < 1.29 is 54.8 Å². The second kappa shape index (κ2) is 5.73. The SMILES string of the molecule is Cl.O=P(O)(O)O.[La]. The van der Waals surface area contributed by atoms with Crippen LogP contribution in [0.2, 0.25) is 0 Å². The summed E-state index contributed by atoms with van der Waals surface area (Å²) in [4.78, 5) is 21.6. The van der Waals surface area contributed by atoms with Crippen LogP contribution in [-0.4, -0.2) is 14.7 Å². The molecular formula is H4ClLaO4P. The Labute approximate surface area is 74.6 Å². The molecule has 0 fully saturated rings. The van der Waals surface area contributed by atoms with Gasteiger partial charge in [-0.1, -0.05) is 0 Å². The Morgan fingerprint density at radius 2 is 1.14 bits per heavy atom. The van der Waals surface area contributed by atoms with E-state index in [1.54, 1.807) is 0 Å². The Hall–Kier alpha value is 1.59. The summed E-state index contributed by atoms with van der Waals surface area (Å²) in [6, 6.07) is 0. The molecule has 0 aliphatic carbocycles. The van der Waals surface area contributed by atoms with Crippen LogP contribution in [-0.2, 0) is 4.57 Å². The maximum Gasteiger partial charge on any atom is 0.466 e. The third-order valence-electron chi connectivity index (χ3n) is 0. The zero-order chi connectivity index (χ0) is 4.50. The summed E-state index contributed by atoms with van der Waals surface area (Å²) in [6.07, 6.45) is 0. The van der Waals surface area contributed by atoms with E-state index in [1.165, 1.54) is 0 Å². The van der Waals surface area contributed by atoms with Crippen molar-refractivity contribution in [3.63, 3.8) is 0 Å². The van der Waals surface area contributed by atoms with Crippen LogP contribution >= 0.6 is 20.2 Å². The fourth-order valence-electron chi connectivity index (χ4n) is 0. The van der Waals surface area contributed by atoms with E-state index in [-0.39, 0.29) is 48.0 Å². The number of halogens is 1. The Kier molecular flexibility index (Phi) is 13.0. The first-order chi connectivity index (χ1) is 2.00. The summed E-state index contributed by atoms with van der Waals surface area (Å²) in [5.41, 5.74) is 0. The standard InChI is InChI=1S/ClH.La.H3O4P/c;;1-5(2,3)4/h1H;;(H3,1,2,3,4). The fraction of sp³-hybridized carbons (Fsp3) is 0. The van der Waals surface area contributed by atoms with E-state index < -0.39 is 7.82 Å². The van der Waals surface area contributed by atoms with Crippen molar-refractivity contribution in [1.29, 1.82) is 0 Å². The molecule has 4 nitrogen and oxygen atoms in total. The Morgan fingerprint density at radius 1 is 1.14 bits per heavy atom. The van der Waals surface area contributed by atoms with Crippen LogP contribution in [0.4, 0.5) is 0 Å². The normalized spacial score (nSPS) is 8.43. The van der Waals surface area contributed by atoms with Crippen molar-refractivity contribution in [2.45, 2.75) is 0 Å². The molecule has 0 aliphatic heterocycles. The van der Waals surface area contributed by atoms with Gasteiger partial charge >= 0.3 is 7.82 Å². The Bertz CT molecular complexity index is 57.8. The third-order valence-corrected chi connectivity index (χ3v) is 0. The zero-order valence-corrected chi connectivity index (χ0v) is 8.52. The first-order valence-corrected chi connectivity index (χ1v) is 2.35. The van der Waals surface area contributed by atoms with E-state index in [1.807, 2.05) is 0 Å². The van der Waals surface area contributed by atoms with E-state index in [9.17, 15) is 0 Å². The zero-order valence-electron chi connectivity index (χ0n) is 3.18. The van der Waals surface area contributed by atoms with E-state index in [4.69, 9.17) is 19.2 Å². The predicted octanol–water partition coefficient (Wildman–Crippen LogP) is -0.507. The molecule has 0 aromatic carbocycles. The molecule has 1 radical (unpaired) electrons. The van der Waals surface area contributed by atoms with Gasteiger partial charge in [0.2, 0.25) is 0 Å². The van der Waals surface area contributed by atoms with Crippen LogP contribution in [0.3, 0.4) is 0 Å². The van der Waals surface area contributed by atoms with E-state index in [0.717, 1.165) is 0 Å². The number of rotatable bonds is 0. The molecule has 0 saturated carbocycles. The van der Waals surface area contributed by atoms with Gasteiger partial charge in [-0.2, -0.15) is 0 Å². The van der Waals surface area contributed by atoms with Crippen molar-refractivity contribution in [3.8, 4) is 0 Å². The number of hydrogen-bond donors (Lipinski definition) is 3. The molecule has 0 aromatic heterocycles. The van der Waals surface area contributed by atoms with E-state index in [2.05, 4.69) is 0 Å². The smallest absolute Gasteiger partial charge is 0.303 e. The Balaban J connectivity index is -0.0000000800. The second-order valence-electron chi connectivity index (χ2n) is 0.513. The van der Waals surface area contributed by atoms with Crippen molar-refractivity contribution in [2.75, 3.05) is 0 Å². The first kappa shape index (κ1) is 15.8. The van der Waals surface area contributed by atoms with Gasteiger partial charge in [-0.15, -0.1) is 12.4 Å². The van der Waals surface area contributed by atoms with Gasteiger partial charge in [0.25, 0.3) is 0 Å². The van der Waals surface area contributed by atoms with Crippen LogP contribution < -0.4 is 0 Å². The summed E-state index contributed by atoms with van der Waals surface area (Å²) in [7, 11) is -4.64. The minimum Gasteiger partial charge on any atom is -0.303 e. The van der Waals surface area contributed by atoms with Crippen LogP contribution in [0.25, 0.3) is 0 Å². The molecule has 7 heavy (non-hydrogen) atoms. The topological polar surface area (TPSA) is 77.8 Å². The average Bonchev–Trinajstić information content (AvgIpc) is 0.722. The van der Waals surface area contributed by atoms with Gasteiger partial charge < -0.3 is 14.7 Å². The molecule has 0 rings (SSSR count). The van der Waals surface area contributed by atoms with Gasteiger partial charge in [-0.05, 0) is 0 Å². The van der Waals surface area contributed by atoms with Gasteiger partial charge in [0.1, 0.15) is 0 Å². The maximum absolute atomic E-state index is 8.88. The number of phosphoric acid groups is 1. The Morgan fingerprint density at radius 3 is 1.14 bits per heavy atom. The van der Waals surface area contributed by atoms with Crippen molar-refractivity contribution in [1.82, 2.24) is 0 Å². The third kappa shape index (κ3) is 93.5. The van der Waals surface area contributed by atoms with Gasteiger partial charge in [0.05, 0.1) is 0 Å². The minimum atomic E-state index is -4.64. The summed E-state index contributed by atoms with van der Waals surface area (Å²) >= 11 is 0. The molecule has 0 atom stereocenters. The van der Waals surface area contributed by atoms with Crippen molar-refractivity contribution >= 4 is 20.2 Å². The monoisotopic (exact) mass is 273 g/mol. The molecular weight excluding hydrogens is 269 g/mol. The summed E-state index contributed by atoms with van der Waals surface area (Å²) in [5, 5.41) is 0. The maximum atomic E-state index is 8.88. The van der Waals surface area contributed by atoms with E-state index in [0.29, 0.717) is 0 Å². The molecule has 0 aliphatic rings. The number of hydrogen-bond acceptors (Lipinski definition) is 1. The molecule has 3 N–H and O–H groups in total. The summed E-state index contributed by atoms with van der Waals surface area (Å²) in [6.45, 7) is 0. The van der Waals surface area contributed by atoms with Crippen molar-refractivity contribution in [3.05, 3.63) is 0 Å². The quantitative estimate of drug-likeness (QED) is 0.520. The van der Waals surface area contributed by atoms with E-state index >= 15 is 0 Å².